The average molecular weight is 438 g/mol. The lowest BCUT2D eigenvalue weighted by Gasteiger charge is -2.28. The highest BCUT2D eigenvalue weighted by Crippen LogP contribution is 2.38. The number of hydrogen-bond donors (Lipinski definition) is 1. The summed E-state index contributed by atoms with van der Waals surface area (Å²) in [5.41, 5.74) is 4.48. The second-order valence-electron chi connectivity index (χ2n) is 8.50. The number of amides is 1. The number of hydrogen-bond acceptors (Lipinski definition) is 3. The number of fused-ring (bicyclic) bond motifs is 1. The highest BCUT2D eigenvalue weighted by Gasteiger charge is 2.27. The molecule has 1 aromatic heterocycles. The zero-order valence-corrected chi connectivity index (χ0v) is 18.6. The molecule has 2 aliphatic heterocycles. The molecule has 162 valence electrons. The molecule has 0 unspecified atom stereocenters. The van der Waals surface area contributed by atoms with Crippen LogP contribution < -0.4 is 10.1 Å². The van der Waals surface area contributed by atoms with Gasteiger partial charge < -0.3 is 14.6 Å². The summed E-state index contributed by atoms with van der Waals surface area (Å²) in [7, 11) is 0. The molecule has 1 N–H and O–H groups in total. The van der Waals surface area contributed by atoms with Crippen molar-refractivity contribution in [2.45, 2.75) is 45.4 Å². The van der Waals surface area contributed by atoms with Crippen molar-refractivity contribution >= 4 is 28.4 Å². The minimum atomic E-state index is -0.0426. The van der Waals surface area contributed by atoms with E-state index in [2.05, 4.69) is 46.0 Å². The van der Waals surface area contributed by atoms with Gasteiger partial charge in [0.2, 0.25) is 0 Å². The normalized spacial score (nSPS) is 17.9. The summed E-state index contributed by atoms with van der Waals surface area (Å²) >= 11 is 6.41. The van der Waals surface area contributed by atoms with E-state index in [4.69, 9.17) is 16.3 Å². The summed E-state index contributed by atoms with van der Waals surface area (Å²) in [5.74, 6) is 0.765. The van der Waals surface area contributed by atoms with Crippen LogP contribution in [0.2, 0.25) is 5.02 Å². The molecule has 0 saturated heterocycles. The monoisotopic (exact) mass is 437 g/mol. The molecule has 0 saturated carbocycles. The average Bonchev–Trinajstić information content (AvgIpc) is 3.19. The first-order chi connectivity index (χ1) is 15.1. The van der Waals surface area contributed by atoms with Crippen LogP contribution in [-0.4, -0.2) is 41.1 Å². The number of carbonyl (C=O) groups excluding carboxylic acids is 1. The highest BCUT2D eigenvalue weighted by atomic mass is 35.5. The molecule has 2 aliphatic rings. The Morgan fingerprint density at radius 3 is 2.90 bits per heavy atom. The molecule has 0 bridgehead atoms. The predicted molar refractivity (Wildman–Crippen MR) is 124 cm³/mol. The van der Waals surface area contributed by atoms with Crippen LogP contribution in [0.1, 0.15) is 41.4 Å². The minimum Gasteiger partial charge on any atom is -0.486 e. The topological polar surface area (TPSA) is 46.5 Å². The van der Waals surface area contributed by atoms with Crippen molar-refractivity contribution in [3.05, 3.63) is 64.3 Å². The maximum Gasteiger partial charge on any atom is 0.267 e. The van der Waals surface area contributed by atoms with Crippen LogP contribution >= 0.6 is 11.6 Å². The van der Waals surface area contributed by atoms with E-state index in [1.165, 1.54) is 11.1 Å². The Hall–Kier alpha value is -2.50. The maximum absolute atomic E-state index is 13.0. The minimum absolute atomic E-state index is 0.0426. The van der Waals surface area contributed by atoms with Crippen LogP contribution in [0.3, 0.4) is 0 Å². The summed E-state index contributed by atoms with van der Waals surface area (Å²) in [6.45, 7) is 6.50. The summed E-state index contributed by atoms with van der Waals surface area (Å²) in [6.07, 6.45) is 2.99. The van der Waals surface area contributed by atoms with E-state index in [9.17, 15) is 4.79 Å². The van der Waals surface area contributed by atoms with Gasteiger partial charge in [0.05, 0.1) is 17.1 Å². The Morgan fingerprint density at radius 1 is 1.23 bits per heavy atom. The molecular formula is C25H28ClN3O2. The van der Waals surface area contributed by atoms with Crippen LogP contribution in [-0.2, 0) is 19.5 Å². The highest BCUT2D eigenvalue weighted by molar-refractivity contribution is 6.36. The molecule has 2 aromatic carbocycles. The van der Waals surface area contributed by atoms with Gasteiger partial charge in [-0.15, -0.1) is 0 Å². The molecule has 0 fully saturated rings. The van der Waals surface area contributed by atoms with Crippen LogP contribution in [0.15, 0.2) is 42.5 Å². The number of carbonyl (C=O) groups is 1. The Labute approximate surface area is 187 Å². The van der Waals surface area contributed by atoms with Gasteiger partial charge in [-0.25, -0.2) is 0 Å². The number of rotatable bonds is 6. The van der Waals surface area contributed by atoms with Gasteiger partial charge in [-0.3, -0.25) is 9.69 Å². The fraction of sp³-hybridized carbons (Fsp3) is 0.400. The van der Waals surface area contributed by atoms with E-state index in [0.29, 0.717) is 23.8 Å². The molecule has 3 aromatic rings. The van der Waals surface area contributed by atoms with E-state index in [0.717, 1.165) is 55.5 Å². The molecule has 31 heavy (non-hydrogen) atoms. The molecule has 5 nitrogen and oxygen atoms in total. The van der Waals surface area contributed by atoms with Crippen molar-refractivity contribution < 1.29 is 9.53 Å². The largest absolute Gasteiger partial charge is 0.486 e. The lowest BCUT2D eigenvalue weighted by atomic mass is 10.00. The molecule has 3 heterocycles. The Bertz CT molecular complexity index is 1120. The van der Waals surface area contributed by atoms with Crippen molar-refractivity contribution in [3.63, 3.8) is 0 Å². The summed E-state index contributed by atoms with van der Waals surface area (Å²) in [4.78, 5) is 15.5. The molecule has 5 rings (SSSR count). The Kier molecular flexibility index (Phi) is 5.63. The van der Waals surface area contributed by atoms with Crippen molar-refractivity contribution in [2.75, 3.05) is 19.6 Å². The van der Waals surface area contributed by atoms with Crippen molar-refractivity contribution in [2.24, 2.45) is 0 Å². The second kappa shape index (κ2) is 8.56. The zero-order chi connectivity index (χ0) is 21.4. The quantitative estimate of drug-likeness (QED) is 0.571. The second-order valence-corrected chi connectivity index (χ2v) is 8.91. The third-order valence-electron chi connectivity index (χ3n) is 6.48. The van der Waals surface area contributed by atoms with Gasteiger partial charge in [0.1, 0.15) is 17.5 Å². The third-order valence-corrected chi connectivity index (χ3v) is 6.81. The number of ether oxygens (including phenoxy) is 1. The van der Waals surface area contributed by atoms with Crippen LogP contribution in [0.4, 0.5) is 0 Å². The molecule has 1 amide bonds. The van der Waals surface area contributed by atoms with Gasteiger partial charge in [0.15, 0.2) is 0 Å². The van der Waals surface area contributed by atoms with Crippen molar-refractivity contribution in [1.82, 2.24) is 14.8 Å². The van der Waals surface area contributed by atoms with Gasteiger partial charge in [0.25, 0.3) is 5.91 Å². The van der Waals surface area contributed by atoms with Crippen molar-refractivity contribution in [3.8, 4) is 5.75 Å². The van der Waals surface area contributed by atoms with Crippen LogP contribution in [0, 0.1) is 0 Å². The standard InChI is InChI=1S/C25H28ClN3O2/c1-2-19-16-29-22(14-20-21(26)8-9-23(31-19)24(20)29)25(30)27-11-5-12-28-13-10-17-6-3-4-7-18(17)15-28/h3-4,6-9,14,19H,2,5,10-13,15-16H2,1H3,(H,27,30)/t19-/m0/s1. The first kappa shape index (κ1) is 20.4. The molecule has 1 atom stereocenters. The van der Waals surface area contributed by atoms with Gasteiger partial charge in [-0.2, -0.15) is 0 Å². The van der Waals surface area contributed by atoms with E-state index in [-0.39, 0.29) is 12.0 Å². The molecule has 0 spiro atoms. The molecule has 0 radical (unpaired) electrons. The Balaban J connectivity index is 1.23. The fourth-order valence-electron chi connectivity index (χ4n) is 4.76. The van der Waals surface area contributed by atoms with E-state index < -0.39 is 0 Å². The van der Waals surface area contributed by atoms with Crippen LogP contribution in [0.5, 0.6) is 5.75 Å². The first-order valence-electron chi connectivity index (χ1n) is 11.2. The zero-order valence-electron chi connectivity index (χ0n) is 17.9. The van der Waals surface area contributed by atoms with E-state index in [1.807, 2.05) is 18.2 Å². The number of aromatic nitrogens is 1. The third kappa shape index (κ3) is 3.92. The number of nitrogens with one attached hydrogen (secondary N) is 1. The smallest absolute Gasteiger partial charge is 0.267 e. The van der Waals surface area contributed by atoms with Crippen LogP contribution in [0.25, 0.3) is 10.9 Å². The van der Waals surface area contributed by atoms with E-state index >= 15 is 0 Å². The lowest BCUT2D eigenvalue weighted by molar-refractivity contribution is 0.0935. The van der Waals surface area contributed by atoms with Gasteiger partial charge in [-0.05, 0) is 48.6 Å². The summed E-state index contributed by atoms with van der Waals surface area (Å²) < 4.78 is 8.15. The number of nitrogens with zero attached hydrogens (tertiary/aromatic N) is 2. The SMILES string of the molecule is CC[C@H]1Cn2c(C(=O)NCCCN3CCc4ccccc4C3)cc3c(Cl)ccc(c32)O1. The van der Waals surface area contributed by atoms with Gasteiger partial charge >= 0.3 is 0 Å². The molecule has 6 heteroatoms. The Morgan fingerprint density at radius 2 is 2.06 bits per heavy atom. The lowest BCUT2D eigenvalue weighted by Crippen LogP contribution is -2.35. The number of benzene rings is 2. The van der Waals surface area contributed by atoms with Gasteiger partial charge in [-0.1, -0.05) is 42.8 Å². The molecule has 0 aliphatic carbocycles. The van der Waals surface area contributed by atoms with Crippen molar-refractivity contribution in [1.29, 1.82) is 0 Å². The number of halogens is 1. The first-order valence-corrected chi connectivity index (χ1v) is 11.6. The van der Waals surface area contributed by atoms with Gasteiger partial charge in [0, 0.05) is 31.6 Å². The predicted octanol–water partition coefficient (Wildman–Crippen LogP) is 4.64. The maximum atomic E-state index is 13.0. The molecular weight excluding hydrogens is 410 g/mol. The summed E-state index contributed by atoms with van der Waals surface area (Å²) in [5, 5.41) is 4.65. The summed E-state index contributed by atoms with van der Waals surface area (Å²) in [6, 6.07) is 14.3. The fourth-order valence-corrected chi connectivity index (χ4v) is 4.97. The van der Waals surface area contributed by atoms with E-state index in [1.54, 1.807) is 0 Å².